The highest BCUT2D eigenvalue weighted by molar-refractivity contribution is 5.75. The fourth-order valence-corrected chi connectivity index (χ4v) is 1.60. The third-order valence-electron chi connectivity index (χ3n) is 2.38. The second-order valence-corrected chi connectivity index (χ2v) is 3.75. The summed E-state index contributed by atoms with van der Waals surface area (Å²) >= 11 is 0. The number of Topliss-reactive ketones (excluding diaryl/α,β-unsaturated/α-hetero) is 1. The SMILES string of the molecule is CC(=O)CCCc1ccccc1/C=C/C=O. The number of aldehydes is 1. The van der Waals surface area contributed by atoms with Gasteiger partial charge in [-0.2, -0.15) is 0 Å². The van der Waals surface area contributed by atoms with E-state index in [1.165, 1.54) is 11.6 Å². The van der Waals surface area contributed by atoms with Gasteiger partial charge in [-0.1, -0.05) is 30.3 Å². The maximum Gasteiger partial charge on any atom is 0.142 e. The Labute approximate surface area is 96.0 Å². The minimum atomic E-state index is 0.223. The number of allylic oxidation sites excluding steroid dienone is 1. The Kier molecular flexibility index (Phi) is 5.20. The fourth-order valence-electron chi connectivity index (χ4n) is 1.60. The molecule has 0 aliphatic heterocycles. The summed E-state index contributed by atoms with van der Waals surface area (Å²) in [5, 5.41) is 0. The van der Waals surface area contributed by atoms with Crippen molar-refractivity contribution in [3.8, 4) is 0 Å². The molecule has 2 nitrogen and oxygen atoms in total. The van der Waals surface area contributed by atoms with E-state index in [0.717, 1.165) is 24.7 Å². The van der Waals surface area contributed by atoms with E-state index in [2.05, 4.69) is 0 Å². The zero-order valence-corrected chi connectivity index (χ0v) is 9.48. The van der Waals surface area contributed by atoms with E-state index < -0.39 is 0 Å². The molecule has 0 spiro atoms. The van der Waals surface area contributed by atoms with E-state index in [0.29, 0.717) is 6.42 Å². The first kappa shape index (κ1) is 12.4. The topological polar surface area (TPSA) is 34.1 Å². The molecule has 0 amide bonds. The standard InChI is InChI=1S/C14H16O2/c1-12(16)6-4-9-13-7-2-3-8-14(13)10-5-11-15/h2-3,5,7-8,10-11H,4,6,9H2,1H3/b10-5+. The van der Waals surface area contributed by atoms with Crippen molar-refractivity contribution in [1.82, 2.24) is 0 Å². The van der Waals surface area contributed by atoms with Crippen LogP contribution in [0.1, 0.15) is 30.9 Å². The maximum atomic E-state index is 10.8. The van der Waals surface area contributed by atoms with Crippen LogP contribution in [0.25, 0.3) is 6.08 Å². The Balaban J connectivity index is 2.67. The molecule has 0 aliphatic carbocycles. The number of benzene rings is 1. The summed E-state index contributed by atoms with van der Waals surface area (Å²) in [5.41, 5.74) is 2.24. The number of ketones is 1. The minimum Gasteiger partial charge on any atom is -0.300 e. The van der Waals surface area contributed by atoms with E-state index in [9.17, 15) is 9.59 Å². The van der Waals surface area contributed by atoms with Crippen LogP contribution < -0.4 is 0 Å². The van der Waals surface area contributed by atoms with Gasteiger partial charge < -0.3 is 4.79 Å². The Bertz CT molecular complexity index is 391. The van der Waals surface area contributed by atoms with Crippen LogP contribution >= 0.6 is 0 Å². The zero-order valence-electron chi connectivity index (χ0n) is 9.48. The molecular weight excluding hydrogens is 200 g/mol. The van der Waals surface area contributed by atoms with Gasteiger partial charge in [-0.3, -0.25) is 4.79 Å². The van der Waals surface area contributed by atoms with Gasteiger partial charge >= 0.3 is 0 Å². The molecule has 1 rings (SSSR count). The average molecular weight is 216 g/mol. The van der Waals surface area contributed by atoms with Gasteiger partial charge in [-0.15, -0.1) is 0 Å². The molecular formula is C14H16O2. The molecule has 0 saturated heterocycles. The normalized spacial score (nSPS) is 10.6. The first-order valence-electron chi connectivity index (χ1n) is 5.43. The monoisotopic (exact) mass is 216 g/mol. The third-order valence-corrected chi connectivity index (χ3v) is 2.38. The summed E-state index contributed by atoms with van der Waals surface area (Å²) in [7, 11) is 0. The van der Waals surface area contributed by atoms with E-state index in [1.807, 2.05) is 24.3 Å². The van der Waals surface area contributed by atoms with Crippen molar-refractivity contribution in [3.63, 3.8) is 0 Å². The van der Waals surface area contributed by atoms with Gasteiger partial charge in [-0.25, -0.2) is 0 Å². The lowest BCUT2D eigenvalue weighted by Crippen LogP contribution is -1.94. The van der Waals surface area contributed by atoms with E-state index in [1.54, 1.807) is 13.0 Å². The van der Waals surface area contributed by atoms with Crippen LogP contribution in [-0.4, -0.2) is 12.1 Å². The lowest BCUT2D eigenvalue weighted by atomic mass is 10.0. The quantitative estimate of drug-likeness (QED) is 0.541. The van der Waals surface area contributed by atoms with Crippen LogP contribution in [0, 0.1) is 0 Å². The molecule has 0 aromatic heterocycles. The summed E-state index contributed by atoms with van der Waals surface area (Å²) in [5.74, 6) is 0.223. The van der Waals surface area contributed by atoms with Gasteiger partial charge in [0.25, 0.3) is 0 Å². The molecule has 0 bridgehead atoms. The average Bonchev–Trinajstić information content (AvgIpc) is 2.27. The summed E-state index contributed by atoms with van der Waals surface area (Å²) in [6.45, 7) is 1.61. The Hall–Kier alpha value is -1.70. The van der Waals surface area contributed by atoms with Gasteiger partial charge in [0.2, 0.25) is 0 Å². The fraction of sp³-hybridized carbons (Fsp3) is 0.286. The Morgan fingerprint density at radius 2 is 2.06 bits per heavy atom. The molecule has 0 fully saturated rings. The van der Waals surface area contributed by atoms with Crippen molar-refractivity contribution in [2.24, 2.45) is 0 Å². The Morgan fingerprint density at radius 3 is 2.75 bits per heavy atom. The highest BCUT2D eigenvalue weighted by Crippen LogP contribution is 2.13. The number of aryl methyl sites for hydroxylation is 1. The highest BCUT2D eigenvalue weighted by Gasteiger charge is 1.99. The smallest absolute Gasteiger partial charge is 0.142 e. The van der Waals surface area contributed by atoms with Crippen LogP contribution in [0.2, 0.25) is 0 Å². The maximum absolute atomic E-state index is 10.8. The first-order valence-corrected chi connectivity index (χ1v) is 5.43. The van der Waals surface area contributed by atoms with E-state index in [4.69, 9.17) is 0 Å². The van der Waals surface area contributed by atoms with Crippen LogP contribution in [0.4, 0.5) is 0 Å². The summed E-state index contributed by atoms with van der Waals surface area (Å²) in [4.78, 5) is 21.1. The minimum absolute atomic E-state index is 0.223. The zero-order chi connectivity index (χ0) is 11.8. The number of carbonyl (C=O) groups excluding carboxylic acids is 2. The van der Waals surface area contributed by atoms with Gasteiger partial charge in [-0.05, 0) is 37.0 Å². The first-order chi connectivity index (χ1) is 7.74. The predicted octanol–water partition coefficient (Wildman–Crippen LogP) is 2.81. The molecule has 16 heavy (non-hydrogen) atoms. The molecule has 2 heteroatoms. The number of hydrogen-bond acceptors (Lipinski definition) is 2. The van der Waals surface area contributed by atoms with Crippen LogP contribution in [0.5, 0.6) is 0 Å². The van der Waals surface area contributed by atoms with Crippen molar-refractivity contribution < 1.29 is 9.59 Å². The molecule has 0 aliphatic rings. The molecule has 1 aromatic rings. The molecule has 0 radical (unpaired) electrons. The number of hydrogen-bond donors (Lipinski definition) is 0. The molecule has 1 aromatic carbocycles. The molecule has 0 saturated carbocycles. The number of carbonyl (C=O) groups is 2. The van der Waals surface area contributed by atoms with Crippen molar-refractivity contribution in [1.29, 1.82) is 0 Å². The molecule has 0 atom stereocenters. The molecule has 0 unspecified atom stereocenters. The van der Waals surface area contributed by atoms with Gasteiger partial charge in [0.15, 0.2) is 0 Å². The van der Waals surface area contributed by atoms with Gasteiger partial charge in [0.1, 0.15) is 12.1 Å². The van der Waals surface area contributed by atoms with Gasteiger partial charge in [0.05, 0.1) is 0 Å². The molecule has 0 heterocycles. The van der Waals surface area contributed by atoms with Gasteiger partial charge in [0, 0.05) is 6.42 Å². The van der Waals surface area contributed by atoms with Crippen molar-refractivity contribution in [3.05, 3.63) is 41.5 Å². The van der Waals surface area contributed by atoms with Crippen molar-refractivity contribution in [2.45, 2.75) is 26.2 Å². The number of rotatable bonds is 6. The van der Waals surface area contributed by atoms with Crippen molar-refractivity contribution >= 4 is 18.1 Å². The lowest BCUT2D eigenvalue weighted by molar-refractivity contribution is -0.117. The van der Waals surface area contributed by atoms with Crippen molar-refractivity contribution in [2.75, 3.05) is 0 Å². The van der Waals surface area contributed by atoms with Crippen LogP contribution in [-0.2, 0) is 16.0 Å². The Morgan fingerprint density at radius 1 is 1.31 bits per heavy atom. The lowest BCUT2D eigenvalue weighted by Gasteiger charge is -2.04. The second kappa shape index (κ2) is 6.72. The predicted molar refractivity (Wildman–Crippen MR) is 65.2 cm³/mol. The second-order valence-electron chi connectivity index (χ2n) is 3.75. The largest absolute Gasteiger partial charge is 0.300 e. The van der Waals surface area contributed by atoms with E-state index >= 15 is 0 Å². The third kappa shape index (κ3) is 4.22. The summed E-state index contributed by atoms with van der Waals surface area (Å²) in [6, 6.07) is 7.92. The van der Waals surface area contributed by atoms with Crippen LogP contribution in [0.3, 0.4) is 0 Å². The van der Waals surface area contributed by atoms with Crippen LogP contribution in [0.15, 0.2) is 30.3 Å². The molecule has 0 N–H and O–H groups in total. The molecule has 84 valence electrons. The van der Waals surface area contributed by atoms with E-state index in [-0.39, 0.29) is 5.78 Å². The highest BCUT2D eigenvalue weighted by atomic mass is 16.1. The summed E-state index contributed by atoms with van der Waals surface area (Å²) in [6.07, 6.45) is 6.41. The summed E-state index contributed by atoms with van der Waals surface area (Å²) < 4.78 is 0.